The average molecular weight is 689 g/mol. The monoisotopic (exact) mass is 688 g/mol. The van der Waals surface area contributed by atoms with Gasteiger partial charge in [0.15, 0.2) is 5.65 Å². The van der Waals surface area contributed by atoms with E-state index in [-0.39, 0.29) is 39.9 Å². The van der Waals surface area contributed by atoms with Gasteiger partial charge in [-0.15, -0.1) is 0 Å². The Bertz CT molecular complexity index is 2270. The summed E-state index contributed by atoms with van der Waals surface area (Å²) in [5.74, 6) is 1.12. The van der Waals surface area contributed by atoms with E-state index in [2.05, 4.69) is 58.9 Å². The number of pyridine rings is 2. The van der Waals surface area contributed by atoms with Crippen LogP contribution in [0.25, 0.3) is 44.3 Å². The molecule has 0 fully saturated rings. The number of nitrogens with one attached hydrogen (secondary N) is 1. The number of hydrogen-bond acceptors (Lipinski definition) is 7. The molecule has 0 aliphatic carbocycles. The number of H-pyrrole nitrogens is 1. The molecule has 2 N–H and O–H groups in total. The smallest absolute Gasteiger partial charge is 0.870 e. The number of rotatable bonds is 8. The van der Waals surface area contributed by atoms with E-state index in [9.17, 15) is 8.42 Å². The van der Waals surface area contributed by atoms with E-state index < -0.39 is 10.0 Å². The molecule has 0 saturated carbocycles. The zero-order valence-electron chi connectivity index (χ0n) is 29.0. The maximum Gasteiger partial charge on any atom is 1.00 e. The Morgan fingerprint density at radius 3 is 1.84 bits per heavy atom. The van der Waals surface area contributed by atoms with Crippen LogP contribution < -0.4 is 29.6 Å². The SMILES string of the molecule is CC(C)Cc1cnc2[nH]cc(-c3cnn(C)c3)c2c1.CC(C)Cc1cnc2c(c1)c(-c1cnn(C)c1)cn2S(=O)(=O)c1ccccc1.[Na+].[OH-]. The van der Waals surface area contributed by atoms with Gasteiger partial charge < -0.3 is 10.5 Å². The zero-order valence-corrected chi connectivity index (χ0v) is 31.8. The molecule has 0 radical (unpaired) electrons. The van der Waals surface area contributed by atoms with Gasteiger partial charge in [-0.05, 0) is 60.1 Å². The Kier molecular flexibility index (Phi) is 12.1. The molecular formula is C36H41N8NaO3S. The molecule has 0 spiro atoms. The Hall–Kier alpha value is -4.07. The molecule has 0 amide bonds. The Labute approximate surface area is 309 Å². The van der Waals surface area contributed by atoms with E-state index in [4.69, 9.17) is 0 Å². The average Bonchev–Trinajstić information content (AvgIpc) is 3.83. The summed E-state index contributed by atoms with van der Waals surface area (Å²) in [6, 6.07) is 12.7. The van der Waals surface area contributed by atoms with Crippen molar-refractivity contribution in [3.05, 3.63) is 103 Å². The summed E-state index contributed by atoms with van der Waals surface area (Å²) in [7, 11) is 0.0156. The van der Waals surface area contributed by atoms with Crippen molar-refractivity contribution >= 4 is 32.1 Å². The quantitative estimate of drug-likeness (QED) is 0.239. The number of fused-ring (bicyclic) bond motifs is 2. The van der Waals surface area contributed by atoms with E-state index in [1.165, 1.54) is 20.5 Å². The fraction of sp³-hybridized carbons (Fsp3) is 0.278. The molecule has 1 aromatic carbocycles. The van der Waals surface area contributed by atoms with Crippen LogP contribution in [0.15, 0.2) is 96.9 Å². The van der Waals surface area contributed by atoms with Gasteiger partial charge in [0.05, 0.1) is 17.3 Å². The third-order valence-electron chi connectivity index (χ3n) is 7.88. The molecule has 0 atom stereocenters. The van der Waals surface area contributed by atoms with Gasteiger partial charge in [0.2, 0.25) is 0 Å². The van der Waals surface area contributed by atoms with Crippen molar-refractivity contribution in [2.75, 3.05) is 0 Å². The first kappa shape index (κ1) is 37.7. The molecule has 0 saturated heterocycles. The molecule has 7 rings (SSSR count). The second-order valence-corrected chi connectivity index (χ2v) is 14.6. The van der Waals surface area contributed by atoms with Crippen LogP contribution in [0.3, 0.4) is 0 Å². The molecule has 7 aromatic rings. The van der Waals surface area contributed by atoms with Gasteiger partial charge in [0.1, 0.15) is 5.65 Å². The van der Waals surface area contributed by atoms with Crippen LogP contribution in [-0.2, 0) is 37.0 Å². The maximum absolute atomic E-state index is 13.3. The molecule has 0 bridgehead atoms. The molecule has 0 unspecified atom stereocenters. The Balaban J connectivity index is 0.000000226. The van der Waals surface area contributed by atoms with Crippen LogP contribution in [0.1, 0.15) is 38.8 Å². The topological polar surface area (TPSA) is 146 Å². The van der Waals surface area contributed by atoms with E-state index in [0.29, 0.717) is 17.5 Å². The summed E-state index contributed by atoms with van der Waals surface area (Å²) in [6.07, 6.45) is 16.9. The van der Waals surface area contributed by atoms with E-state index in [1.54, 1.807) is 53.6 Å². The Morgan fingerprint density at radius 2 is 1.29 bits per heavy atom. The predicted molar refractivity (Wildman–Crippen MR) is 188 cm³/mol. The van der Waals surface area contributed by atoms with Gasteiger partial charge in [-0.3, -0.25) is 9.36 Å². The zero-order chi connectivity index (χ0) is 33.3. The van der Waals surface area contributed by atoms with Crippen LogP contribution >= 0.6 is 0 Å². The van der Waals surface area contributed by atoms with Crippen molar-refractivity contribution in [1.82, 2.24) is 38.5 Å². The van der Waals surface area contributed by atoms with Crippen LogP contribution in [0.2, 0.25) is 0 Å². The van der Waals surface area contributed by atoms with Crippen molar-refractivity contribution in [3.63, 3.8) is 0 Å². The number of aromatic nitrogens is 8. The van der Waals surface area contributed by atoms with Crippen molar-refractivity contribution in [2.45, 2.75) is 45.4 Å². The summed E-state index contributed by atoms with van der Waals surface area (Å²) in [6.45, 7) is 8.75. The second-order valence-electron chi connectivity index (χ2n) is 12.8. The first-order valence-electron chi connectivity index (χ1n) is 15.7. The number of aryl methyl sites for hydroxylation is 2. The van der Waals surface area contributed by atoms with E-state index in [1.807, 2.05) is 55.8 Å². The van der Waals surface area contributed by atoms with Crippen LogP contribution in [0, 0.1) is 11.8 Å². The normalized spacial score (nSPS) is 11.4. The standard InChI is InChI=1S/C21H22N4O2S.C15H18N4.Na.H2O/c1-15(2)9-16-10-19-20(17-12-23-24(3)13-17)14-25(21(19)22-11-16)28(26,27)18-7-5-4-6-8-18;1-10(2)4-11-5-13-14(8-17-15(13)16-6-11)12-7-18-19(3)9-12;;/h4-8,10-15H,9H2,1-3H3;5-10H,4H2,1-3H3,(H,16,17);;1H2/q;;+1;/p-1. The van der Waals surface area contributed by atoms with Gasteiger partial charge in [0.25, 0.3) is 10.0 Å². The fourth-order valence-corrected chi connectivity index (χ4v) is 7.16. The first-order valence-corrected chi connectivity index (χ1v) is 17.2. The van der Waals surface area contributed by atoms with Crippen molar-refractivity contribution in [1.29, 1.82) is 0 Å². The summed E-state index contributed by atoms with van der Waals surface area (Å²) < 4.78 is 31.3. The second kappa shape index (κ2) is 15.6. The van der Waals surface area contributed by atoms with E-state index >= 15 is 0 Å². The maximum atomic E-state index is 13.3. The molecule has 6 aromatic heterocycles. The van der Waals surface area contributed by atoms with Crippen LogP contribution in [-0.4, -0.2) is 52.4 Å². The summed E-state index contributed by atoms with van der Waals surface area (Å²) >= 11 is 0. The molecule has 13 heteroatoms. The number of aromatic amines is 1. The fourth-order valence-electron chi connectivity index (χ4n) is 5.81. The molecule has 49 heavy (non-hydrogen) atoms. The Morgan fingerprint density at radius 1 is 0.735 bits per heavy atom. The minimum Gasteiger partial charge on any atom is -0.870 e. The van der Waals surface area contributed by atoms with Crippen molar-refractivity contribution in [2.24, 2.45) is 25.9 Å². The van der Waals surface area contributed by atoms with E-state index in [0.717, 1.165) is 46.1 Å². The number of hydrogen-bond donors (Lipinski definition) is 1. The third-order valence-corrected chi connectivity index (χ3v) is 9.54. The van der Waals surface area contributed by atoms with Crippen LogP contribution in [0.4, 0.5) is 0 Å². The first-order chi connectivity index (χ1) is 22.5. The summed E-state index contributed by atoms with van der Waals surface area (Å²) in [5.41, 5.74) is 7.69. The molecule has 0 aliphatic rings. The molecule has 11 nitrogen and oxygen atoms in total. The third kappa shape index (κ3) is 8.22. The number of nitrogens with zero attached hydrogens (tertiary/aromatic N) is 7. The van der Waals surface area contributed by atoms with Gasteiger partial charge in [0, 0.05) is 84.3 Å². The summed E-state index contributed by atoms with van der Waals surface area (Å²) in [4.78, 5) is 12.5. The molecule has 6 heterocycles. The minimum atomic E-state index is -3.75. The van der Waals surface area contributed by atoms with Gasteiger partial charge >= 0.3 is 29.6 Å². The largest absolute Gasteiger partial charge is 1.00 e. The van der Waals surface area contributed by atoms with Gasteiger partial charge in [-0.25, -0.2) is 22.4 Å². The molecule has 0 aliphatic heterocycles. The number of benzene rings is 1. The molecule has 250 valence electrons. The van der Waals surface area contributed by atoms with Gasteiger partial charge in [-0.1, -0.05) is 45.9 Å². The molecular weight excluding hydrogens is 648 g/mol. The summed E-state index contributed by atoms with van der Waals surface area (Å²) in [5, 5.41) is 10.5. The van der Waals surface area contributed by atoms with Gasteiger partial charge in [-0.2, -0.15) is 10.2 Å². The van der Waals surface area contributed by atoms with Crippen LogP contribution in [0.5, 0.6) is 0 Å². The van der Waals surface area contributed by atoms with Crippen molar-refractivity contribution < 1.29 is 43.5 Å². The van der Waals surface area contributed by atoms with Crippen molar-refractivity contribution in [3.8, 4) is 22.3 Å². The predicted octanol–water partition coefficient (Wildman–Crippen LogP) is 3.86. The minimum absolute atomic E-state index is 0.